The Kier molecular flexibility index (Phi) is 5.00. The molecule has 0 spiro atoms. The monoisotopic (exact) mass is 332 g/mol. The van der Waals surface area contributed by atoms with Gasteiger partial charge in [-0.2, -0.15) is 11.8 Å². The molecule has 1 aliphatic rings. The van der Waals surface area contributed by atoms with E-state index in [9.17, 15) is 4.39 Å². The molecular weight excluding hydrogens is 311 g/mol. The lowest BCUT2D eigenvalue weighted by molar-refractivity contribution is 0.615. The van der Waals surface area contributed by atoms with Crippen LogP contribution >= 0.6 is 11.8 Å². The van der Waals surface area contributed by atoms with Gasteiger partial charge in [-0.05, 0) is 24.1 Å². The minimum Gasteiger partial charge on any atom is -0.355 e. The Labute approximate surface area is 140 Å². The summed E-state index contributed by atoms with van der Waals surface area (Å²) in [6, 6.07) is 7.38. The molecule has 0 unspecified atom stereocenters. The summed E-state index contributed by atoms with van der Waals surface area (Å²) in [6.45, 7) is 4.43. The number of hydrogen-bond donors (Lipinski definition) is 0. The highest BCUT2D eigenvalue weighted by molar-refractivity contribution is 7.99. The zero-order chi connectivity index (χ0) is 16.2. The van der Waals surface area contributed by atoms with Crippen molar-refractivity contribution in [3.63, 3.8) is 0 Å². The van der Waals surface area contributed by atoms with Gasteiger partial charge in [-0.3, -0.25) is 0 Å². The van der Waals surface area contributed by atoms with Crippen LogP contribution in [0, 0.1) is 12.7 Å². The van der Waals surface area contributed by atoms with Crippen molar-refractivity contribution in [1.82, 2.24) is 9.97 Å². The van der Waals surface area contributed by atoms with E-state index in [2.05, 4.69) is 14.9 Å². The van der Waals surface area contributed by atoms with Gasteiger partial charge >= 0.3 is 0 Å². The second kappa shape index (κ2) is 7.17. The number of aryl methyl sites for hydroxylation is 1. The van der Waals surface area contributed by atoms with E-state index in [-0.39, 0.29) is 5.82 Å². The van der Waals surface area contributed by atoms with Gasteiger partial charge < -0.3 is 9.80 Å². The summed E-state index contributed by atoms with van der Waals surface area (Å²) in [4.78, 5) is 13.1. The lowest BCUT2D eigenvalue weighted by Crippen LogP contribution is -2.33. The Morgan fingerprint density at radius 3 is 2.74 bits per heavy atom. The fourth-order valence-corrected chi connectivity index (χ4v) is 3.50. The predicted octanol–water partition coefficient (Wildman–Crippen LogP) is 3.11. The number of halogens is 1. The van der Waals surface area contributed by atoms with Gasteiger partial charge in [-0.25, -0.2) is 14.4 Å². The normalized spacial score (nSPS) is 14.8. The molecule has 2 heterocycles. The van der Waals surface area contributed by atoms with Crippen molar-refractivity contribution in [3.8, 4) is 0 Å². The maximum Gasteiger partial charge on any atom is 0.134 e. The number of hydrogen-bond acceptors (Lipinski definition) is 5. The van der Waals surface area contributed by atoms with E-state index in [1.165, 1.54) is 0 Å². The molecule has 1 aromatic carbocycles. The van der Waals surface area contributed by atoms with Gasteiger partial charge in [-0.1, -0.05) is 12.1 Å². The average Bonchev–Trinajstić information content (AvgIpc) is 2.59. The number of rotatable bonds is 4. The van der Waals surface area contributed by atoms with Crippen LogP contribution in [0.4, 0.5) is 16.0 Å². The summed E-state index contributed by atoms with van der Waals surface area (Å²) in [5.74, 6) is 3.94. The number of benzene rings is 1. The molecule has 1 fully saturated rings. The van der Waals surface area contributed by atoms with Gasteiger partial charge in [0.15, 0.2) is 0 Å². The summed E-state index contributed by atoms with van der Waals surface area (Å²) < 4.78 is 13.7. The van der Waals surface area contributed by atoms with Crippen LogP contribution in [0.5, 0.6) is 0 Å². The van der Waals surface area contributed by atoms with Crippen LogP contribution in [0.3, 0.4) is 0 Å². The van der Waals surface area contributed by atoms with E-state index in [4.69, 9.17) is 0 Å². The third-order valence-electron chi connectivity index (χ3n) is 4.02. The molecule has 0 atom stereocenters. The first-order chi connectivity index (χ1) is 11.1. The predicted molar refractivity (Wildman–Crippen MR) is 94.8 cm³/mol. The molecule has 4 nitrogen and oxygen atoms in total. The molecule has 0 N–H and O–H groups in total. The fraction of sp³-hybridized carbons (Fsp3) is 0.412. The van der Waals surface area contributed by atoms with Crippen molar-refractivity contribution in [2.24, 2.45) is 0 Å². The van der Waals surface area contributed by atoms with Gasteiger partial charge in [0.25, 0.3) is 0 Å². The van der Waals surface area contributed by atoms with Crippen LogP contribution in [0.1, 0.15) is 11.1 Å². The lowest BCUT2D eigenvalue weighted by Gasteiger charge is -2.28. The first-order valence-electron chi connectivity index (χ1n) is 7.74. The van der Waals surface area contributed by atoms with E-state index >= 15 is 0 Å². The van der Waals surface area contributed by atoms with Crippen molar-refractivity contribution in [1.29, 1.82) is 0 Å². The van der Waals surface area contributed by atoms with Crippen LogP contribution in [0.15, 0.2) is 30.6 Å². The van der Waals surface area contributed by atoms with Crippen molar-refractivity contribution < 1.29 is 4.39 Å². The zero-order valence-electron chi connectivity index (χ0n) is 13.5. The van der Waals surface area contributed by atoms with Gasteiger partial charge in [-0.15, -0.1) is 0 Å². The SMILES string of the molecule is Cc1ccc(CN(C)c2cc(N3CCSCC3)ncn2)cc1F. The molecular formula is C17H21FN4S. The Balaban J connectivity index is 1.73. The second-order valence-electron chi connectivity index (χ2n) is 5.77. The highest BCUT2D eigenvalue weighted by Gasteiger charge is 2.14. The van der Waals surface area contributed by atoms with Crippen molar-refractivity contribution >= 4 is 23.4 Å². The van der Waals surface area contributed by atoms with Crippen molar-refractivity contribution in [3.05, 3.63) is 47.5 Å². The summed E-state index contributed by atoms with van der Waals surface area (Å²) in [5, 5.41) is 0. The molecule has 0 amide bonds. The second-order valence-corrected chi connectivity index (χ2v) is 7.00. The van der Waals surface area contributed by atoms with Gasteiger partial charge in [0.2, 0.25) is 0 Å². The van der Waals surface area contributed by atoms with E-state index in [0.717, 1.165) is 41.8 Å². The Morgan fingerprint density at radius 2 is 2.00 bits per heavy atom. The van der Waals surface area contributed by atoms with Crippen LogP contribution in [0.2, 0.25) is 0 Å². The number of thioether (sulfide) groups is 1. The zero-order valence-corrected chi connectivity index (χ0v) is 14.3. The molecule has 1 aromatic heterocycles. The van der Waals surface area contributed by atoms with Gasteiger partial charge in [0.05, 0.1) is 0 Å². The Hall–Kier alpha value is -1.82. The summed E-state index contributed by atoms with van der Waals surface area (Å²) in [6.07, 6.45) is 1.61. The lowest BCUT2D eigenvalue weighted by atomic mass is 10.1. The maximum atomic E-state index is 13.7. The molecule has 2 aromatic rings. The van der Waals surface area contributed by atoms with E-state index in [1.54, 1.807) is 19.3 Å². The summed E-state index contributed by atoms with van der Waals surface area (Å²) in [5.41, 5.74) is 1.61. The summed E-state index contributed by atoms with van der Waals surface area (Å²) in [7, 11) is 1.97. The van der Waals surface area contributed by atoms with E-state index < -0.39 is 0 Å². The average molecular weight is 332 g/mol. The third-order valence-corrected chi connectivity index (χ3v) is 4.96. The van der Waals surface area contributed by atoms with Crippen molar-refractivity contribution in [2.45, 2.75) is 13.5 Å². The number of anilines is 2. The fourth-order valence-electron chi connectivity index (χ4n) is 2.60. The third kappa shape index (κ3) is 3.93. The highest BCUT2D eigenvalue weighted by atomic mass is 32.2. The molecule has 0 bridgehead atoms. The molecule has 3 rings (SSSR count). The van der Waals surface area contributed by atoms with Crippen LogP contribution < -0.4 is 9.80 Å². The molecule has 1 aliphatic heterocycles. The quantitative estimate of drug-likeness (QED) is 0.859. The minimum atomic E-state index is -0.162. The minimum absolute atomic E-state index is 0.162. The summed E-state index contributed by atoms with van der Waals surface area (Å²) >= 11 is 1.98. The van der Waals surface area contributed by atoms with Crippen LogP contribution in [-0.2, 0) is 6.54 Å². The molecule has 0 aliphatic carbocycles. The van der Waals surface area contributed by atoms with Crippen LogP contribution in [-0.4, -0.2) is 41.6 Å². The topological polar surface area (TPSA) is 32.3 Å². The number of aromatic nitrogens is 2. The largest absolute Gasteiger partial charge is 0.355 e. The van der Waals surface area contributed by atoms with Gasteiger partial charge in [0, 0.05) is 44.3 Å². The Morgan fingerprint density at radius 1 is 1.22 bits per heavy atom. The van der Waals surface area contributed by atoms with Crippen LogP contribution in [0.25, 0.3) is 0 Å². The first kappa shape index (κ1) is 16.1. The molecule has 6 heteroatoms. The molecule has 122 valence electrons. The van der Waals surface area contributed by atoms with E-state index in [0.29, 0.717) is 12.1 Å². The molecule has 23 heavy (non-hydrogen) atoms. The smallest absolute Gasteiger partial charge is 0.134 e. The number of nitrogens with zero attached hydrogens (tertiary/aromatic N) is 4. The Bertz CT molecular complexity index is 673. The first-order valence-corrected chi connectivity index (χ1v) is 8.90. The molecule has 1 saturated heterocycles. The van der Waals surface area contributed by atoms with E-state index in [1.807, 2.05) is 41.9 Å². The van der Waals surface area contributed by atoms with Gasteiger partial charge in [0.1, 0.15) is 23.8 Å². The standard InChI is InChI=1S/C17H21FN4S/c1-13-3-4-14(9-15(13)18)11-21(2)16-10-17(20-12-19-16)22-5-7-23-8-6-22/h3-4,9-10,12H,5-8,11H2,1-2H3. The maximum absolute atomic E-state index is 13.7. The molecule has 0 radical (unpaired) electrons. The van der Waals surface area contributed by atoms with Crippen molar-refractivity contribution in [2.75, 3.05) is 41.4 Å². The molecule has 0 saturated carbocycles. The highest BCUT2D eigenvalue weighted by Crippen LogP contribution is 2.21.